The van der Waals surface area contributed by atoms with Crippen LogP contribution < -0.4 is 11.3 Å². The van der Waals surface area contributed by atoms with Crippen molar-refractivity contribution in [1.82, 2.24) is 4.57 Å². The van der Waals surface area contributed by atoms with Gasteiger partial charge in [0.2, 0.25) is 0 Å². The van der Waals surface area contributed by atoms with Crippen LogP contribution in [0.3, 0.4) is 0 Å². The summed E-state index contributed by atoms with van der Waals surface area (Å²) in [5.74, 6) is 0.0306. The highest BCUT2D eigenvalue weighted by Crippen LogP contribution is 2.39. The lowest BCUT2D eigenvalue weighted by atomic mass is 10.0. The SMILES string of the molecule is Cl.NCCCCCCCCCCn1c2c(c3ccccc3c1=O)C(=O)c1ccccc1-2. The van der Waals surface area contributed by atoms with Gasteiger partial charge < -0.3 is 10.3 Å². The molecule has 5 heteroatoms. The first kappa shape index (κ1) is 23.2. The van der Waals surface area contributed by atoms with E-state index in [1.807, 2.05) is 53.1 Å². The third kappa shape index (κ3) is 4.60. The number of rotatable bonds is 10. The number of nitrogens with two attached hydrogens (primary N) is 1. The van der Waals surface area contributed by atoms with Crippen LogP contribution in [-0.4, -0.2) is 16.9 Å². The van der Waals surface area contributed by atoms with E-state index in [1.54, 1.807) is 0 Å². The summed E-state index contributed by atoms with van der Waals surface area (Å²) >= 11 is 0. The summed E-state index contributed by atoms with van der Waals surface area (Å²) in [7, 11) is 0. The Hall–Kier alpha value is -2.43. The minimum atomic E-state index is 0. The zero-order valence-corrected chi connectivity index (χ0v) is 18.8. The molecule has 0 bridgehead atoms. The summed E-state index contributed by atoms with van der Waals surface area (Å²) in [6, 6.07) is 15.2. The second-order valence-corrected chi connectivity index (χ2v) is 8.22. The molecule has 4 nitrogen and oxygen atoms in total. The van der Waals surface area contributed by atoms with Crippen molar-refractivity contribution in [3.8, 4) is 11.3 Å². The van der Waals surface area contributed by atoms with Crippen molar-refractivity contribution in [1.29, 1.82) is 0 Å². The Morgan fingerprint density at radius 2 is 1.23 bits per heavy atom. The van der Waals surface area contributed by atoms with E-state index < -0.39 is 0 Å². The van der Waals surface area contributed by atoms with Crippen molar-refractivity contribution in [2.75, 3.05) is 6.54 Å². The molecule has 1 aliphatic carbocycles. The fourth-order valence-corrected chi connectivity index (χ4v) is 4.62. The fraction of sp³-hybridized carbons (Fsp3) is 0.385. The number of nitrogens with zero attached hydrogens (tertiary/aromatic N) is 1. The highest BCUT2D eigenvalue weighted by atomic mass is 35.5. The molecule has 0 unspecified atom stereocenters. The molecule has 0 amide bonds. The summed E-state index contributed by atoms with van der Waals surface area (Å²) in [5, 5.41) is 1.41. The van der Waals surface area contributed by atoms with Gasteiger partial charge in [-0.3, -0.25) is 9.59 Å². The Morgan fingerprint density at radius 1 is 0.677 bits per heavy atom. The Labute approximate surface area is 189 Å². The van der Waals surface area contributed by atoms with Crippen molar-refractivity contribution in [3.63, 3.8) is 0 Å². The van der Waals surface area contributed by atoms with Gasteiger partial charge in [-0.1, -0.05) is 81.0 Å². The van der Waals surface area contributed by atoms with Gasteiger partial charge in [-0.25, -0.2) is 0 Å². The van der Waals surface area contributed by atoms with E-state index in [0.717, 1.165) is 42.5 Å². The van der Waals surface area contributed by atoms with E-state index in [-0.39, 0.29) is 23.7 Å². The number of hydrogen-bond acceptors (Lipinski definition) is 3. The molecule has 0 atom stereocenters. The fourth-order valence-electron chi connectivity index (χ4n) is 4.62. The van der Waals surface area contributed by atoms with Crippen LogP contribution in [0.2, 0.25) is 0 Å². The minimum absolute atomic E-state index is 0. The molecule has 0 radical (unpaired) electrons. The van der Waals surface area contributed by atoms with Crippen LogP contribution in [0.5, 0.6) is 0 Å². The average molecular weight is 439 g/mol. The second-order valence-electron chi connectivity index (χ2n) is 8.22. The average Bonchev–Trinajstić information content (AvgIpc) is 3.07. The Kier molecular flexibility index (Phi) is 8.05. The number of fused-ring (bicyclic) bond motifs is 5. The highest BCUT2D eigenvalue weighted by molar-refractivity contribution is 6.26. The summed E-state index contributed by atoms with van der Waals surface area (Å²) in [4.78, 5) is 26.5. The van der Waals surface area contributed by atoms with Crippen molar-refractivity contribution in [2.24, 2.45) is 5.73 Å². The summed E-state index contributed by atoms with van der Waals surface area (Å²) in [6.07, 6.45) is 9.32. The van der Waals surface area contributed by atoms with Gasteiger partial charge in [0, 0.05) is 28.4 Å². The molecule has 2 aromatic carbocycles. The maximum Gasteiger partial charge on any atom is 0.258 e. The van der Waals surface area contributed by atoms with Gasteiger partial charge in [-0.05, 0) is 25.5 Å². The summed E-state index contributed by atoms with van der Waals surface area (Å²) in [5.41, 5.74) is 8.63. The first-order chi connectivity index (χ1) is 14.7. The van der Waals surface area contributed by atoms with Crippen LogP contribution >= 0.6 is 12.4 Å². The quantitative estimate of drug-likeness (QED) is 0.322. The molecular weight excluding hydrogens is 408 g/mol. The van der Waals surface area contributed by atoms with E-state index >= 15 is 0 Å². The van der Waals surface area contributed by atoms with Gasteiger partial charge in [0.25, 0.3) is 5.56 Å². The third-order valence-corrected chi connectivity index (χ3v) is 6.17. The Bertz CT molecular complexity index is 1120. The highest BCUT2D eigenvalue weighted by Gasteiger charge is 2.31. The first-order valence-corrected chi connectivity index (χ1v) is 11.2. The summed E-state index contributed by atoms with van der Waals surface area (Å²) < 4.78 is 1.85. The molecule has 1 heterocycles. The van der Waals surface area contributed by atoms with E-state index in [2.05, 4.69) is 0 Å². The van der Waals surface area contributed by atoms with Gasteiger partial charge >= 0.3 is 0 Å². The zero-order valence-electron chi connectivity index (χ0n) is 17.9. The number of carbonyl (C=O) groups is 1. The van der Waals surface area contributed by atoms with Crippen LogP contribution in [0, 0.1) is 0 Å². The van der Waals surface area contributed by atoms with Crippen LogP contribution in [0.1, 0.15) is 67.3 Å². The standard InChI is InChI=1S/C26H30N2O2.ClH/c27-17-11-5-3-1-2-4-6-12-18-28-24-20-14-8-9-15-21(20)25(29)23(24)19-13-7-10-16-22(19)26(28)30;/h7-10,13-16H,1-6,11-12,17-18,27H2;1H. The normalized spacial score (nSPS) is 12.0. The first-order valence-electron chi connectivity index (χ1n) is 11.2. The van der Waals surface area contributed by atoms with Crippen LogP contribution in [0.15, 0.2) is 53.3 Å². The zero-order chi connectivity index (χ0) is 20.9. The van der Waals surface area contributed by atoms with Crippen molar-refractivity contribution in [3.05, 3.63) is 70.0 Å². The molecule has 0 aliphatic heterocycles. The molecule has 0 spiro atoms. The van der Waals surface area contributed by atoms with E-state index in [0.29, 0.717) is 23.1 Å². The molecule has 1 aliphatic rings. The Balaban J connectivity index is 0.00000272. The molecule has 4 rings (SSSR count). The number of pyridine rings is 1. The number of aromatic nitrogens is 1. The van der Waals surface area contributed by atoms with Gasteiger partial charge in [0.1, 0.15) is 0 Å². The predicted octanol–water partition coefficient (Wildman–Crippen LogP) is 5.71. The smallest absolute Gasteiger partial charge is 0.258 e. The number of carbonyl (C=O) groups excluding carboxylic acids is 1. The third-order valence-electron chi connectivity index (χ3n) is 6.17. The lowest BCUT2D eigenvalue weighted by Crippen LogP contribution is -2.23. The molecular formula is C26H31ClN2O2. The lowest BCUT2D eigenvalue weighted by molar-refractivity contribution is 0.104. The monoisotopic (exact) mass is 438 g/mol. The van der Waals surface area contributed by atoms with Crippen molar-refractivity contribution < 1.29 is 4.79 Å². The maximum atomic E-state index is 13.3. The number of hydrogen-bond donors (Lipinski definition) is 1. The molecule has 0 saturated heterocycles. The Morgan fingerprint density at radius 3 is 1.90 bits per heavy atom. The van der Waals surface area contributed by atoms with E-state index in [1.165, 1.54) is 32.1 Å². The van der Waals surface area contributed by atoms with E-state index in [4.69, 9.17) is 5.73 Å². The number of unbranched alkanes of at least 4 members (excludes halogenated alkanes) is 7. The molecule has 0 saturated carbocycles. The molecule has 3 aromatic rings. The van der Waals surface area contributed by atoms with Gasteiger partial charge in [-0.2, -0.15) is 0 Å². The number of halogens is 1. The van der Waals surface area contributed by atoms with Crippen LogP contribution in [0.4, 0.5) is 0 Å². The van der Waals surface area contributed by atoms with Crippen molar-refractivity contribution in [2.45, 2.75) is 57.9 Å². The number of ketones is 1. The predicted molar refractivity (Wildman–Crippen MR) is 130 cm³/mol. The van der Waals surface area contributed by atoms with E-state index in [9.17, 15) is 9.59 Å². The molecule has 31 heavy (non-hydrogen) atoms. The second kappa shape index (κ2) is 10.7. The lowest BCUT2D eigenvalue weighted by Gasteiger charge is -2.15. The summed E-state index contributed by atoms with van der Waals surface area (Å²) in [6.45, 7) is 1.44. The molecule has 164 valence electrons. The van der Waals surface area contributed by atoms with Gasteiger partial charge in [0.15, 0.2) is 5.78 Å². The van der Waals surface area contributed by atoms with Gasteiger partial charge in [-0.15, -0.1) is 12.4 Å². The molecule has 2 N–H and O–H groups in total. The molecule has 0 fully saturated rings. The van der Waals surface area contributed by atoms with Crippen LogP contribution in [-0.2, 0) is 6.54 Å². The van der Waals surface area contributed by atoms with Gasteiger partial charge in [0.05, 0.1) is 11.3 Å². The number of benzene rings is 2. The van der Waals surface area contributed by atoms with Crippen molar-refractivity contribution >= 4 is 29.0 Å². The topological polar surface area (TPSA) is 65.1 Å². The van der Waals surface area contributed by atoms with Crippen LogP contribution in [0.25, 0.3) is 22.0 Å². The largest absolute Gasteiger partial charge is 0.330 e. The maximum absolute atomic E-state index is 13.3. The minimum Gasteiger partial charge on any atom is -0.330 e. The molecule has 1 aromatic heterocycles.